The largest absolute Gasteiger partial charge is 0.466 e. The van der Waals surface area contributed by atoms with Crippen molar-refractivity contribution in [3.63, 3.8) is 0 Å². The molecular formula is C13H16BrNOS. The predicted molar refractivity (Wildman–Crippen MR) is 75.5 cm³/mol. The summed E-state index contributed by atoms with van der Waals surface area (Å²) in [4.78, 5) is 1.33. The van der Waals surface area contributed by atoms with Crippen LogP contribution in [0.25, 0.3) is 0 Å². The van der Waals surface area contributed by atoms with Crippen LogP contribution in [0.2, 0.25) is 0 Å². The highest BCUT2D eigenvalue weighted by Gasteiger charge is 2.12. The number of hydrogen-bond donors (Lipinski definition) is 1. The van der Waals surface area contributed by atoms with Crippen LogP contribution in [0.1, 0.15) is 34.9 Å². The summed E-state index contributed by atoms with van der Waals surface area (Å²) in [6, 6.07) is 6.65. The lowest BCUT2D eigenvalue weighted by atomic mass is 10.1. The summed E-state index contributed by atoms with van der Waals surface area (Å²) in [7, 11) is 0. The van der Waals surface area contributed by atoms with E-state index in [0.29, 0.717) is 6.04 Å². The van der Waals surface area contributed by atoms with E-state index >= 15 is 0 Å². The maximum Gasteiger partial charge on any atom is 0.105 e. The molecule has 1 N–H and O–H groups in total. The van der Waals surface area contributed by atoms with Crippen molar-refractivity contribution in [1.82, 2.24) is 5.32 Å². The van der Waals surface area contributed by atoms with Crippen molar-refractivity contribution in [1.29, 1.82) is 0 Å². The van der Waals surface area contributed by atoms with Gasteiger partial charge in [-0.05, 0) is 54.9 Å². The van der Waals surface area contributed by atoms with Gasteiger partial charge in [-0.3, -0.25) is 0 Å². The Hall–Kier alpha value is -0.580. The molecule has 1 atom stereocenters. The average Bonchev–Trinajstić information content (AvgIpc) is 2.81. The van der Waals surface area contributed by atoms with Crippen LogP contribution in [0.15, 0.2) is 26.4 Å². The molecule has 0 fully saturated rings. The first kappa shape index (κ1) is 12.9. The van der Waals surface area contributed by atoms with E-state index in [-0.39, 0.29) is 0 Å². The van der Waals surface area contributed by atoms with Crippen LogP contribution in [0.4, 0.5) is 0 Å². The van der Waals surface area contributed by atoms with Crippen LogP contribution in [0, 0.1) is 13.8 Å². The first-order valence-electron chi connectivity index (χ1n) is 5.61. The van der Waals surface area contributed by atoms with E-state index in [1.165, 1.54) is 14.2 Å². The molecule has 0 aromatic carbocycles. The van der Waals surface area contributed by atoms with Crippen molar-refractivity contribution in [3.05, 3.63) is 43.9 Å². The average molecular weight is 314 g/mol. The van der Waals surface area contributed by atoms with E-state index in [4.69, 9.17) is 4.42 Å². The zero-order chi connectivity index (χ0) is 12.4. The highest BCUT2D eigenvalue weighted by atomic mass is 79.9. The SMILES string of the molecule is Cc1cc(C(C)NCc2ccc(Br)s2)c(C)o1. The van der Waals surface area contributed by atoms with Gasteiger partial charge in [-0.25, -0.2) is 0 Å². The second kappa shape index (κ2) is 5.38. The molecule has 0 amide bonds. The number of halogens is 1. The summed E-state index contributed by atoms with van der Waals surface area (Å²) in [5.41, 5.74) is 1.25. The van der Waals surface area contributed by atoms with Crippen molar-refractivity contribution in [2.75, 3.05) is 0 Å². The quantitative estimate of drug-likeness (QED) is 0.894. The molecule has 0 radical (unpaired) electrons. The van der Waals surface area contributed by atoms with Crippen LogP contribution in [0.3, 0.4) is 0 Å². The summed E-state index contributed by atoms with van der Waals surface area (Å²) in [5, 5.41) is 3.51. The van der Waals surface area contributed by atoms with Gasteiger partial charge in [-0.15, -0.1) is 11.3 Å². The van der Waals surface area contributed by atoms with E-state index in [9.17, 15) is 0 Å². The maximum atomic E-state index is 5.55. The minimum Gasteiger partial charge on any atom is -0.466 e. The van der Waals surface area contributed by atoms with Crippen LogP contribution >= 0.6 is 27.3 Å². The zero-order valence-corrected chi connectivity index (χ0v) is 12.6. The Bertz CT molecular complexity index is 503. The number of hydrogen-bond acceptors (Lipinski definition) is 3. The Morgan fingerprint density at radius 1 is 1.41 bits per heavy atom. The van der Waals surface area contributed by atoms with Gasteiger partial charge in [0.05, 0.1) is 3.79 Å². The van der Waals surface area contributed by atoms with Gasteiger partial charge in [0, 0.05) is 23.0 Å². The third-order valence-electron chi connectivity index (χ3n) is 2.76. The molecule has 0 saturated heterocycles. The van der Waals surface area contributed by atoms with E-state index < -0.39 is 0 Å². The van der Waals surface area contributed by atoms with Crippen molar-refractivity contribution >= 4 is 27.3 Å². The molecule has 92 valence electrons. The lowest BCUT2D eigenvalue weighted by molar-refractivity contribution is 0.490. The summed E-state index contributed by atoms with van der Waals surface area (Å²) < 4.78 is 6.72. The molecule has 2 aromatic rings. The van der Waals surface area contributed by atoms with Gasteiger partial charge < -0.3 is 9.73 Å². The smallest absolute Gasteiger partial charge is 0.105 e. The molecule has 0 aliphatic carbocycles. The van der Waals surface area contributed by atoms with Crippen LogP contribution in [0.5, 0.6) is 0 Å². The molecule has 2 heterocycles. The summed E-state index contributed by atoms with van der Waals surface area (Å²) >= 11 is 5.24. The van der Waals surface area contributed by atoms with Crippen LogP contribution < -0.4 is 5.32 Å². The Morgan fingerprint density at radius 2 is 2.18 bits per heavy atom. The second-order valence-electron chi connectivity index (χ2n) is 4.18. The number of thiophene rings is 1. The molecule has 0 aliphatic heterocycles. The van der Waals surface area contributed by atoms with Crippen molar-refractivity contribution in [2.24, 2.45) is 0 Å². The molecule has 2 rings (SSSR count). The molecule has 0 spiro atoms. The predicted octanol–water partition coefficient (Wildman–Crippen LogP) is 4.57. The number of aryl methyl sites for hydroxylation is 2. The van der Waals surface area contributed by atoms with E-state index in [1.54, 1.807) is 11.3 Å². The molecule has 0 aliphatic rings. The first-order valence-corrected chi connectivity index (χ1v) is 7.21. The maximum absolute atomic E-state index is 5.55. The van der Waals surface area contributed by atoms with E-state index in [2.05, 4.69) is 46.4 Å². The van der Waals surface area contributed by atoms with Crippen LogP contribution in [-0.4, -0.2) is 0 Å². The minimum atomic E-state index is 0.313. The molecule has 17 heavy (non-hydrogen) atoms. The Labute approximate surface area is 114 Å². The number of nitrogens with one attached hydrogen (secondary N) is 1. The third-order valence-corrected chi connectivity index (χ3v) is 4.38. The third kappa shape index (κ3) is 3.21. The molecule has 0 saturated carbocycles. The van der Waals surface area contributed by atoms with Gasteiger partial charge in [0.1, 0.15) is 11.5 Å². The molecule has 1 unspecified atom stereocenters. The van der Waals surface area contributed by atoms with Crippen LogP contribution in [-0.2, 0) is 6.54 Å². The van der Waals surface area contributed by atoms with E-state index in [0.717, 1.165) is 18.1 Å². The summed E-state index contributed by atoms with van der Waals surface area (Å²) in [6.45, 7) is 7.06. The normalized spacial score (nSPS) is 12.9. The highest BCUT2D eigenvalue weighted by molar-refractivity contribution is 9.11. The van der Waals surface area contributed by atoms with Gasteiger partial charge in [0.25, 0.3) is 0 Å². The number of rotatable bonds is 4. The monoisotopic (exact) mass is 313 g/mol. The van der Waals surface area contributed by atoms with Crippen molar-refractivity contribution in [2.45, 2.75) is 33.4 Å². The van der Waals surface area contributed by atoms with Gasteiger partial charge in [0.15, 0.2) is 0 Å². The lowest BCUT2D eigenvalue weighted by Crippen LogP contribution is -2.17. The molecule has 4 heteroatoms. The van der Waals surface area contributed by atoms with Gasteiger partial charge in [0.2, 0.25) is 0 Å². The fourth-order valence-electron chi connectivity index (χ4n) is 1.89. The lowest BCUT2D eigenvalue weighted by Gasteiger charge is -2.12. The standard InChI is InChI=1S/C13H16BrNOS/c1-8-6-12(10(3)16-8)9(2)15-7-11-4-5-13(14)17-11/h4-6,9,15H,7H2,1-3H3. The van der Waals surface area contributed by atoms with Gasteiger partial charge in [-0.2, -0.15) is 0 Å². The summed E-state index contributed by atoms with van der Waals surface area (Å²) in [6.07, 6.45) is 0. The fraction of sp³-hybridized carbons (Fsp3) is 0.385. The molecule has 2 aromatic heterocycles. The fourth-order valence-corrected chi connectivity index (χ4v) is 3.32. The first-order chi connectivity index (χ1) is 8.06. The van der Waals surface area contributed by atoms with Gasteiger partial charge in [-0.1, -0.05) is 0 Å². The minimum absolute atomic E-state index is 0.313. The van der Waals surface area contributed by atoms with Gasteiger partial charge >= 0.3 is 0 Å². The Morgan fingerprint density at radius 3 is 2.71 bits per heavy atom. The molecule has 2 nitrogen and oxygen atoms in total. The van der Waals surface area contributed by atoms with Crippen molar-refractivity contribution in [3.8, 4) is 0 Å². The second-order valence-corrected chi connectivity index (χ2v) is 6.72. The Balaban J connectivity index is 1.97. The number of furan rings is 1. The van der Waals surface area contributed by atoms with Crippen molar-refractivity contribution < 1.29 is 4.42 Å². The topological polar surface area (TPSA) is 25.2 Å². The summed E-state index contributed by atoms with van der Waals surface area (Å²) in [5.74, 6) is 1.99. The zero-order valence-electron chi connectivity index (χ0n) is 10.2. The van der Waals surface area contributed by atoms with E-state index in [1.807, 2.05) is 13.8 Å². The highest BCUT2D eigenvalue weighted by Crippen LogP contribution is 2.24. The Kier molecular flexibility index (Phi) is 4.07. The molecule has 0 bridgehead atoms. The molecular weight excluding hydrogens is 298 g/mol.